The van der Waals surface area contributed by atoms with Crippen LogP contribution in [0.1, 0.15) is 36.2 Å². The molecule has 162 valence electrons. The Kier molecular flexibility index (Phi) is 5.69. The molecule has 2 amide bonds. The second kappa shape index (κ2) is 8.43. The van der Waals surface area contributed by atoms with Crippen molar-refractivity contribution in [2.24, 2.45) is 5.92 Å². The third-order valence-electron chi connectivity index (χ3n) is 6.37. The number of carbonyl (C=O) groups excluding carboxylic acids is 2. The molecule has 1 aromatic carbocycles. The van der Waals surface area contributed by atoms with E-state index in [0.29, 0.717) is 18.7 Å². The van der Waals surface area contributed by atoms with Gasteiger partial charge >= 0.3 is 0 Å². The average molecular weight is 423 g/mol. The Morgan fingerprint density at radius 1 is 1.35 bits per heavy atom. The molecule has 3 N–H and O–H groups in total. The Hall–Kier alpha value is -3.33. The molecule has 2 saturated heterocycles. The van der Waals surface area contributed by atoms with Gasteiger partial charge in [0, 0.05) is 23.5 Å². The summed E-state index contributed by atoms with van der Waals surface area (Å²) in [6.45, 7) is 2.78. The van der Waals surface area contributed by atoms with Gasteiger partial charge in [0.15, 0.2) is 0 Å². The first kappa shape index (κ1) is 20.9. The third-order valence-corrected chi connectivity index (χ3v) is 6.37. The topological polar surface area (TPSA) is 125 Å². The summed E-state index contributed by atoms with van der Waals surface area (Å²) in [5.41, 5.74) is 2.40. The fourth-order valence-corrected chi connectivity index (χ4v) is 5.19. The molecule has 0 radical (unpaired) electrons. The molecule has 1 spiro atoms. The van der Waals surface area contributed by atoms with E-state index >= 15 is 0 Å². The highest BCUT2D eigenvalue weighted by Gasteiger charge is 2.65. The van der Waals surface area contributed by atoms with Gasteiger partial charge in [0.1, 0.15) is 5.54 Å². The van der Waals surface area contributed by atoms with Crippen molar-refractivity contribution in [1.29, 1.82) is 0 Å². The first-order valence-corrected chi connectivity index (χ1v) is 10.3. The SMILES string of the molecule is Cc1cnc(CNC(=O)[C@@H]2C[C@H]3CCCN3[C@]23C(=O)Nc2ccccc23)cn1.O=CO. The molecule has 9 nitrogen and oxygen atoms in total. The molecule has 0 unspecified atom stereocenters. The summed E-state index contributed by atoms with van der Waals surface area (Å²) in [6.07, 6.45) is 6.16. The second-order valence-corrected chi connectivity index (χ2v) is 8.02. The Balaban J connectivity index is 0.000000730. The fourth-order valence-electron chi connectivity index (χ4n) is 5.19. The van der Waals surface area contributed by atoms with Crippen molar-refractivity contribution < 1.29 is 19.5 Å². The van der Waals surface area contributed by atoms with Crippen molar-refractivity contribution >= 4 is 24.0 Å². The Labute approximate surface area is 179 Å². The molecule has 2 aromatic rings. The molecule has 3 aliphatic rings. The Morgan fingerprint density at radius 2 is 2.13 bits per heavy atom. The molecule has 5 rings (SSSR count). The zero-order valence-electron chi connectivity index (χ0n) is 17.2. The lowest BCUT2D eigenvalue weighted by Crippen LogP contribution is -2.54. The van der Waals surface area contributed by atoms with Crippen LogP contribution in [0.2, 0.25) is 0 Å². The number of rotatable bonds is 3. The lowest BCUT2D eigenvalue weighted by molar-refractivity contribution is -0.137. The van der Waals surface area contributed by atoms with Gasteiger partial charge in [-0.2, -0.15) is 0 Å². The number of amides is 2. The van der Waals surface area contributed by atoms with Gasteiger partial charge < -0.3 is 15.7 Å². The number of aryl methyl sites for hydroxylation is 1. The van der Waals surface area contributed by atoms with Gasteiger partial charge in [0.25, 0.3) is 6.47 Å². The maximum absolute atomic E-state index is 13.3. The van der Waals surface area contributed by atoms with Crippen molar-refractivity contribution in [2.45, 2.75) is 44.3 Å². The summed E-state index contributed by atoms with van der Waals surface area (Å²) in [4.78, 5) is 45.7. The smallest absolute Gasteiger partial charge is 0.290 e. The van der Waals surface area contributed by atoms with Gasteiger partial charge in [-0.1, -0.05) is 18.2 Å². The van der Waals surface area contributed by atoms with Crippen LogP contribution in [0.5, 0.6) is 0 Å². The standard InChI is InChI=1S/C21H23N5O2.CH2O2/c1-13-10-23-14(11-22-13)12-24-19(27)17-9-15-5-4-8-26(15)21(17)16-6-2-3-7-18(16)25-20(21)28;2-1-3/h2-3,6-7,10-11,15,17H,4-5,8-9,12H2,1H3,(H,24,27)(H,25,28);1H,(H,2,3)/t15-,17+,21+;/m1./s1. The Bertz CT molecular complexity index is 996. The molecular weight excluding hydrogens is 398 g/mol. The Morgan fingerprint density at radius 3 is 2.87 bits per heavy atom. The molecule has 0 aliphatic carbocycles. The minimum atomic E-state index is -0.902. The van der Waals surface area contributed by atoms with Gasteiger partial charge in [0.05, 0.1) is 30.0 Å². The van der Waals surface area contributed by atoms with Crippen LogP contribution in [0.4, 0.5) is 5.69 Å². The van der Waals surface area contributed by atoms with E-state index in [0.717, 1.165) is 36.3 Å². The zero-order valence-corrected chi connectivity index (χ0v) is 17.2. The maximum Gasteiger partial charge on any atom is 0.290 e. The second-order valence-electron chi connectivity index (χ2n) is 8.02. The quantitative estimate of drug-likeness (QED) is 0.638. The minimum absolute atomic E-state index is 0.0756. The molecular formula is C22H25N5O4. The number of hydrogen-bond donors (Lipinski definition) is 3. The molecule has 9 heteroatoms. The summed E-state index contributed by atoms with van der Waals surface area (Å²) >= 11 is 0. The summed E-state index contributed by atoms with van der Waals surface area (Å²) in [7, 11) is 0. The predicted octanol–water partition coefficient (Wildman–Crippen LogP) is 1.43. The van der Waals surface area contributed by atoms with E-state index < -0.39 is 11.5 Å². The van der Waals surface area contributed by atoms with Crippen LogP contribution in [0, 0.1) is 12.8 Å². The van der Waals surface area contributed by atoms with Crippen LogP contribution in [0.15, 0.2) is 36.7 Å². The highest BCUT2D eigenvalue weighted by atomic mass is 16.3. The third kappa shape index (κ3) is 3.44. The number of carbonyl (C=O) groups is 3. The van der Waals surface area contributed by atoms with E-state index in [-0.39, 0.29) is 24.3 Å². The number of aromatic nitrogens is 2. The van der Waals surface area contributed by atoms with Gasteiger partial charge in [-0.05, 0) is 38.8 Å². The van der Waals surface area contributed by atoms with Crippen LogP contribution < -0.4 is 10.6 Å². The minimum Gasteiger partial charge on any atom is -0.483 e. The van der Waals surface area contributed by atoms with E-state index in [2.05, 4.69) is 25.5 Å². The van der Waals surface area contributed by atoms with Gasteiger partial charge in [-0.15, -0.1) is 0 Å². The number of anilines is 1. The number of carboxylic acid groups (broad SMARTS) is 1. The van der Waals surface area contributed by atoms with Crippen molar-refractivity contribution in [3.63, 3.8) is 0 Å². The van der Waals surface area contributed by atoms with Crippen molar-refractivity contribution in [3.05, 3.63) is 53.6 Å². The van der Waals surface area contributed by atoms with E-state index in [1.165, 1.54) is 0 Å². The van der Waals surface area contributed by atoms with Gasteiger partial charge in [0.2, 0.25) is 11.8 Å². The highest BCUT2D eigenvalue weighted by Crippen LogP contribution is 2.55. The largest absolute Gasteiger partial charge is 0.483 e. The van der Waals surface area contributed by atoms with Crippen LogP contribution in [0.3, 0.4) is 0 Å². The molecule has 3 aliphatic heterocycles. The monoisotopic (exact) mass is 423 g/mol. The molecule has 2 fully saturated rings. The normalized spacial score (nSPS) is 25.9. The van der Waals surface area contributed by atoms with E-state index in [1.807, 2.05) is 31.2 Å². The molecule has 31 heavy (non-hydrogen) atoms. The van der Waals surface area contributed by atoms with E-state index in [9.17, 15) is 9.59 Å². The van der Waals surface area contributed by atoms with Crippen LogP contribution in [-0.2, 0) is 26.5 Å². The lowest BCUT2D eigenvalue weighted by Gasteiger charge is -2.36. The lowest BCUT2D eigenvalue weighted by atomic mass is 9.78. The summed E-state index contributed by atoms with van der Waals surface area (Å²) in [5, 5.41) is 12.9. The van der Waals surface area contributed by atoms with Crippen LogP contribution >= 0.6 is 0 Å². The summed E-state index contributed by atoms with van der Waals surface area (Å²) in [5.74, 6) is -0.586. The van der Waals surface area contributed by atoms with Crippen molar-refractivity contribution in [1.82, 2.24) is 20.2 Å². The first-order valence-electron chi connectivity index (χ1n) is 10.3. The summed E-state index contributed by atoms with van der Waals surface area (Å²) < 4.78 is 0. The molecule has 3 atom stereocenters. The van der Waals surface area contributed by atoms with Gasteiger partial charge in [-0.25, -0.2) is 0 Å². The van der Waals surface area contributed by atoms with Crippen LogP contribution in [0.25, 0.3) is 0 Å². The molecule has 0 bridgehead atoms. The number of fused-ring (bicyclic) bond motifs is 4. The van der Waals surface area contributed by atoms with Gasteiger partial charge in [-0.3, -0.25) is 29.3 Å². The zero-order chi connectivity index (χ0) is 22.0. The predicted molar refractivity (Wildman–Crippen MR) is 112 cm³/mol. The van der Waals surface area contributed by atoms with Crippen molar-refractivity contribution in [3.8, 4) is 0 Å². The first-order chi connectivity index (χ1) is 15.0. The van der Waals surface area contributed by atoms with Crippen molar-refractivity contribution in [2.75, 3.05) is 11.9 Å². The number of nitrogens with one attached hydrogen (secondary N) is 2. The summed E-state index contributed by atoms with van der Waals surface area (Å²) in [6, 6.07) is 8.04. The number of nitrogens with zero attached hydrogens (tertiary/aromatic N) is 3. The fraction of sp³-hybridized carbons (Fsp3) is 0.409. The van der Waals surface area contributed by atoms with E-state index in [1.54, 1.807) is 12.4 Å². The average Bonchev–Trinajstić information content (AvgIpc) is 3.42. The van der Waals surface area contributed by atoms with Crippen LogP contribution in [-0.4, -0.2) is 50.8 Å². The molecule has 1 aromatic heterocycles. The molecule has 0 saturated carbocycles. The number of hydrogen-bond acceptors (Lipinski definition) is 6. The highest BCUT2D eigenvalue weighted by molar-refractivity contribution is 6.09. The van der Waals surface area contributed by atoms with E-state index in [4.69, 9.17) is 9.90 Å². The molecule has 4 heterocycles. The maximum atomic E-state index is 13.3. The number of benzene rings is 1. The number of para-hydroxylation sites is 1.